The number of hydrogen-bond donors (Lipinski definition) is 1. The molecule has 0 aliphatic rings. The van der Waals surface area contributed by atoms with Crippen molar-refractivity contribution in [1.82, 2.24) is 9.55 Å². The smallest absolute Gasteiger partial charge is 0.408 e. The Morgan fingerprint density at radius 3 is 2.84 bits per heavy atom. The first kappa shape index (κ1) is 15.6. The molecule has 4 rings (SSSR count). The van der Waals surface area contributed by atoms with Gasteiger partial charge in [-0.2, -0.15) is 0 Å². The van der Waals surface area contributed by atoms with Gasteiger partial charge in [0.05, 0.1) is 15.7 Å². The number of nitrogens with one attached hydrogen (secondary N) is 1. The zero-order valence-electron chi connectivity index (χ0n) is 13.3. The maximum atomic E-state index is 12.1. The van der Waals surface area contributed by atoms with Gasteiger partial charge < -0.3 is 9.73 Å². The number of carbonyl (C=O) groups is 1. The van der Waals surface area contributed by atoms with Gasteiger partial charge in [-0.1, -0.05) is 35.6 Å². The largest absolute Gasteiger partial charge is 0.419 e. The first-order chi connectivity index (χ1) is 12.2. The Morgan fingerprint density at radius 1 is 1.16 bits per heavy atom. The van der Waals surface area contributed by atoms with Gasteiger partial charge in [-0.05, 0) is 30.7 Å². The van der Waals surface area contributed by atoms with Crippen LogP contribution in [0.1, 0.15) is 12.8 Å². The molecule has 0 saturated carbocycles. The van der Waals surface area contributed by atoms with Crippen LogP contribution < -0.4 is 11.1 Å². The molecule has 126 valence electrons. The molecule has 0 unspecified atom stereocenters. The number of para-hydroxylation sites is 3. The fraction of sp³-hybridized carbons (Fsp3) is 0.167. The first-order valence-electron chi connectivity index (χ1n) is 7.94. The van der Waals surface area contributed by atoms with Crippen molar-refractivity contribution in [2.45, 2.75) is 19.4 Å². The van der Waals surface area contributed by atoms with Crippen molar-refractivity contribution < 1.29 is 9.21 Å². The molecule has 0 aliphatic heterocycles. The van der Waals surface area contributed by atoms with E-state index in [1.165, 1.54) is 11.3 Å². The number of anilines is 1. The zero-order chi connectivity index (χ0) is 17.2. The van der Waals surface area contributed by atoms with Crippen LogP contribution in [0, 0.1) is 0 Å². The standard InChI is InChI=1S/C18H15N3O3S/c22-16(20-17-19-12-6-1-4-9-15(12)25-17)10-5-11-21-13-7-2-3-8-14(13)24-18(21)23/h1-4,6-9H,5,10-11H2,(H,19,20,22). The van der Waals surface area contributed by atoms with Crippen molar-refractivity contribution in [1.29, 1.82) is 0 Å². The van der Waals surface area contributed by atoms with E-state index in [1.54, 1.807) is 10.6 Å². The van der Waals surface area contributed by atoms with E-state index in [0.717, 1.165) is 15.7 Å². The first-order valence-corrected chi connectivity index (χ1v) is 8.76. The third-order valence-corrected chi connectivity index (χ3v) is 4.85. The number of nitrogens with zero attached hydrogens (tertiary/aromatic N) is 2. The van der Waals surface area contributed by atoms with Crippen LogP contribution in [0.4, 0.5) is 5.13 Å². The van der Waals surface area contributed by atoms with Gasteiger partial charge in [0.25, 0.3) is 0 Å². The van der Waals surface area contributed by atoms with Gasteiger partial charge in [-0.3, -0.25) is 9.36 Å². The van der Waals surface area contributed by atoms with Crippen molar-refractivity contribution in [3.8, 4) is 0 Å². The third kappa shape index (κ3) is 3.18. The zero-order valence-corrected chi connectivity index (χ0v) is 14.1. The molecule has 4 aromatic rings. The molecule has 0 spiro atoms. The number of fused-ring (bicyclic) bond motifs is 2. The second-order valence-corrected chi connectivity index (χ2v) is 6.66. The minimum absolute atomic E-state index is 0.111. The molecule has 0 saturated heterocycles. The van der Waals surface area contributed by atoms with Crippen molar-refractivity contribution in [3.63, 3.8) is 0 Å². The molecule has 7 heteroatoms. The summed E-state index contributed by atoms with van der Waals surface area (Å²) < 4.78 is 7.78. The molecule has 1 N–H and O–H groups in total. The highest BCUT2D eigenvalue weighted by atomic mass is 32.1. The molecule has 2 aromatic heterocycles. The van der Waals surface area contributed by atoms with E-state index in [-0.39, 0.29) is 5.91 Å². The van der Waals surface area contributed by atoms with Crippen molar-refractivity contribution >= 4 is 43.7 Å². The van der Waals surface area contributed by atoms with Gasteiger partial charge in [0.1, 0.15) is 0 Å². The quantitative estimate of drug-likeness (QED) is 0.594. The highest BCUT2D eigenvalue weighted by Gasteiger charge is 2.10. The van der Waals surface area contributed by atoms with E-state index in [2.05, 4.69) is 10.3 Å². The van der Waals surface area contributed by atoms with Crippen LogP contribution in [0.3, 0.4) is 0 Å². The van der Waals surface area contributed by atoms with Gasteiger partial charge in [0.15, 0.2) is 10.7 Å². The summed E-state index contributed by atoms with van der Waals surface area (Å²) in [6, 6.07) is 15.0. The average molecular weight is 353 g/mol. The summed E-state index contributed by atoms with van der Waals surface area (Å²) in [6.45, 7) is 0.434. The summed E-state index contributed by atoms with van der Waals surface area (Å²) in [5.41, 5.74) is 2.18. The molecule has 0 aliphatic carbocycles. The minimum atomic E-state index is -0.396. The second-order valence-electron chi connectivity index (χ2n) is 5.63. The SMILES string of the molecule is O=C(CCCn1c(=O)oc2ccccc21)Nc1nc2ccccc2s1. The van der Waals surface area contributed by atoms with Gasteiger partial charge in [0, 0.05) is 13.0 Å². The fourth-order valence-electron chi connectivity index (χ4n) is 2.73. The summed E-state index contributed by atoms with van der Waals surface area (Å²) in [7, 11) is 0. The van der Waals surface area contributed by atoms with Gasteiger partial charge in [-0.25, -0.2) is 9.78 Å². The van der Waals surface area contributed by atoms with E-state index in [9.17, 15) is 9.59 Å². The highest BCUT2D eigenvalue weighted by Crippen LogP contribution is 2.25. The molecular weight excluding hydrogens is 338 g/mol. The number of aromatic nitrogens is 2. The number of hydrogen-bond acceptors (Lipinski definition) is 5. The van der Waals surface area contributed by atoms with Gasteiger partial charge in [0.2, 0.25) is 5.91 Å². The topological polar surface area (TPSA) is 77.1 Å². The molecule has 1 amide bonds. The molecule has 0 radical (unpaired) electrons. The van der Waals surface area contributed by atoms with E-state index < -0.39 is 5.76 Å². The summed E-state index contributed by atoms with van der Waals surface area (Å²) >= 11 is 1.45. The molecule has 2 aromatic carbocycles. The Balaban J connectivity index is 1.38. The number of rotatable bonds is 5. The maximum Gasteiger partial charge on any atom is 0.419 e. The van der Waals surface area contributed by atoms with Crippen molar-refractivity contribution in [2.75, 3.05) is 5.32 Å². The molecule has 0 fully saturated rings. The average Bonchev–Trinajstić information content (AvgIpc) is 3.15. The van der Waals surface area contributed by atoms with Crippen LogP contribution in [0.25, 0.3) is 21.3 Å². The maximum absolute atomic E-state index is 12.1. The lowest BCUT2D eigenvalue weighted by atomic mass is 10.3. The Bertz CT molecular complexity index is 1080. The summed E-state index contributed by atoms with van der Waals surface area (Å²) in [5, 5.41) is 3.42. The number of amides is 1. The number of aryl methyl sites for hydroxylation is 1. The Morgan fingerprint density at radius 2 is 1.96 bits per heavy atom. The number of benzene rings is 2. The number of thiazole rings is 1. The predicted octanol–water partition coefficient (Wildman–Crippen LogP) is 3.62. The lowest BCUT2D eigenvalue weighted by Crippen LogP contribution is -2.17. The third-order valence-electron chi connectivity index (χ3n) is 3.90. The predicted molar refractivity (Wildman–Crippen MR) is 98.0 cm³/mol. The minimum Gasteiger partial charge on any atom is -0.408 e. The van der Waals surface area contributed by atoms with Crippen LogP contribution >= 0.6 is 11.3 Å². The number of oxazole rings is 1. The molecular formula is C18H15N3O3S. The molecule has 2 heterocycles. The van der Waals surface area contributed by atoms with E-state index in [1.807, 2.05) is 42.5 Å². The van der Waals surface area contributed by atoms with Crippen LogP contribution in [0.2, 0.25) is 0 Å². The molecule has 0 atom stereocenters. The fourth-order valence-corrected chi connectivity index (χ4v) is 3.61. The van der Waals surface area contributed by atoms with Gasteiger partial charge >= 0.3 is 5.76 Å². The molecule has 6 nitrogen and oxygen atoms in total. The normalized spacial score (nSPS) is 11.2. The van der Waals surface area contributed by atoms with Crippen LogP contribution in [-0.2, 0) is 11.3 Å². The lowest BCUT2D eigenvalue weighted by molar-refractivity contribution is -0.116. The monoisotopic (exact) mass is 353 g/mol. The van der Waals surface area contributed by atoms with Crippen molar-refractivity contribution in [2.24, 2.45) is 0 Å². The summed E-state index contributed by atoms with van der Waals surface area (Å²) in [4.78, 5) is 28.4. The lowest BCUT2D eigenvalue weighted by Gasteiger charge is -2.03. The van der Waals surface area contributed by atoms with Crippen LogP contribution in [0.5, 0.6) is 0 Å². The van der Waals surface area contributed by atoms with E-state index in [0.29, 0.717) is 30.1 Å². The Hall–Kier alpha value is -2.93. The number of carbonyl (C=O) groups excluding carboxylic acids is 1. The Labute approximate surface area is 146 Å². The van der Waals surface area contributed by atoms with E-state index >= 15 is 0 Å². The second kappa shape index (κ2) is 6.52. The van der Waals surface area contributed by atoms with Crippen LogP contribution in [-0.4, -0.2) is 15.5 Å². The molecule has 0 bridgehead atoms. The van der Waals surface area contributed by atoms with Crippen molar-refractivity contribution in [3.05, 3.63) is 59.1 Å². The summed E-state index contributed by atoms with van der Waals surface area (Å²) in [6.07, 6.45) is 0.849. The van der Waals surface area contributed by atoms with Crippen LogP contribution in [0.15, 0.2) is 57.7 Å². The molecule has 25 heavy (non-hydrogen) atoms. The summed E-state index contributed by atoms with van der Waals surface area (Å²) in [5.74, 6) is -0.507. The van der Waals surface area contributed by atoms with E-state index in [4.69, 9.17) is 4.42 Å². The van der Waals surface area contributed by atoms with Gasteiger partial charge in [-0.15, -0.1) is 0 Å². The highest BCUT2D eigenvalue weighted by molar-refractivity contribution is 7.22. The Kier molecular flexibility index (Phi) is 4.07.